The van der Waals surface area contributed by atoms with Crippen molar-refractivity contribution in [3.05, 3.63) is 17.8 Å². The Hall–Kier alpha value is -1.25. The van der Waals surface area contributed by atoms with Crippen molar-refractivity contribution in [2.75, 3.05) is 13.7 Å². The first kappa shape index (κ1) is 17.2. The molecular formula is C13H25NO2. The van der Waals surface area contributed by atoms with Gasteiger partial charge in [0, 0.05) is 5.69 Å². The second-order valence-electron chi connectivity index (χ2n) is 2.39. The van der Waals surface area contributed by atoms with Gasteiger partial charge in [0.2, 0.25) is 0 Å². The van der Waals surface area contributed by atoms with E-state index in [-0.39, 0.29) is 0 Å². The van der Waals surface area contributed by atoms with Gasteiger partial charge in [-0.15, -0.1) is 0 Å². The molecule has 1 heterocycles. The Morgan fingerprint density at radius 3 is 2.12 bits per heavy atom. The van der Waals surface area contributed by atoms with E-state index >= 15 is 0 Å². The number of hydrogen-bond donors (Lipinski definition) is 0. The van der Waals surface area contributed by atoms with Gasteiger partial charge in [0.25, 0.3) is 5.88 Å². The Kier molecular flexibility index (Phi) is 12.7. The molecule has 0 aromatic carbocycles. The van der Waals surface area contributed by atoms with Crippen LogP contribution in [0.2, 0.25) is 0 Å². The average molecular weight is 227 g/mol. The van der Waals surface area contributed by atoms with E-state index in [1.165, 1.54) is 0 Å². The summed E-state index contributed by atoms with van der Waals surface area (Å²) >= 11 is 0. The molecule has 94 valence electrons. The van der Waals surface area contributed by atoms with Crippen molar-refractivity contribution in [1.82, 2.24) is 4.98 Å². The molecule has 0 aliphatic carbocycles. The van der Waals surface area contributed by atoms with E-state index in [9.17, 15) is 0 Å². The molecule has 1 aromatic rings. The predicted molar refractivity (Wildman–Crippen MR) is 69.4 cm³/mol. The summed E-state index contributed by atoms with van der Waals surface area (Å²) in [6.45, 7) is 12.4. The third-order valence-corrected chi connectivity index (χ3v) is 1.47. The van der Waals surface area contributed by atoms with E-state index in [4.69, 9.17) is 9.47 Å². The summed E-state index contributed by atoms with van der Waals surface area (Å²) in [6, 6.07) is 3.74. The lowest BCUT2D eigenvalue weighted by molar-refractivity contribution is 0.298. The number of rotatable bonds is 3. The lowest BCUT2D eigenvalue weighted by atomic mass is 10.3. The van der Waals surface area contributed by atoms with Crippen molar-refractivity contribution in [3.8, 4) is 11.6 Å². The molecule has 0 radical (unpaired) electrons. The summed E-state index contributed by atoms with van der Waals surface area (Å²) in [5.74, 6) is 1.25. The number of pyridine rings is 1. The Morgan fingerprint density at radius 1 is 1.12 bits per heavy atom. The van der Waals surface area contributed by atoms with Gasteiger partial charge in [0.15, 0.2) is 5.75 Å². The molecule has 0 fully saturated rings. The van der Waals surface area contributed by atoms with Crippen LogP contribution in [0.1, 0.15) is 40.3 Å². The number of nitrogens with zero attached hydrogens (tertiary/aromatic N) is 1. The third-order valence-electron chi connectivity index (χ3n) is 1.47. The van der Waals surface area contributed by atoms with Crippen LogP contribution in [0.4, 0.5) is 0 Å². The molecule has 0 amide bonds. The van der Waals surface area contributed by atoms with Gasteiger partial charge >= 0.3 is 0 Å². The van der Waals surface area contributed by atoms with Crippen LogP contribution in [0.5, 0.6) is 11.6 Å². The van der Waals surface area contributed by atoms with E-state index in [2.05, 4.69) is 4.98 Å². The van der Waals surface area contributed by atoms with Gasteiger partial charge in [0.1, 0.15) is 0 Å². The Labute approximate surface area is 99.8 Å². The molecule has 0 saturated carbocycles. The van der Waals surface area contributed by atoms with Gasteiger partial charge in [-0.25, -0.2) is 4.98 Å². The average Bonchev–Trinajstić information content (AvgIpc) is 2.35. The van der Waals surface area contributed by atoms with Crippen molar-refractivity contribution >= 4 is 0 Å². The Bertz CT molecular complexity index is 262. The predicted octanol–water partition coefficient (Wildman–Crippen LogP) is 3.85. The van der Waals surface area contributed by atoms with Crippen LogP contribution in [0.25, 0.3) is 0 Å². The number of ether oxygens (including phenoxy) is 2. The van der Waals surface area contributed by atoms with Crippen molar-refractivity contribution in [1.29, 1.82) is 0 Å². The van der Waals surface area contributed by atoms with E-state index < -0.39 is 0 Å². The van der Waals surface area contributed by atoms with Crippen LogP contribution >= 0.6 is 0 Å². The smallest absolute Gasteiger partial charge is 0.257 e. The van der Waals surface area contributed by atoms with Gasteiger partial charge in [-0.05, 0) is 26.0 Å². The fraction of sp³-hybridized carbons (Fsp3) is 0.615. The summed E-state index contributed by atoms with van der Waals surface area (Å²) in [5.41, 5.74) is 0.930. The second kappa shape index (κ2) is 11.8. The molecule has 0 spiro atoms. The highest BCUT2D eigenvalue weighted by Gasteiger charge is 2.03. The van der Waals surface area contributed by atoms with Crippen LogP contribution in [-0.2, 0) is 0 Å². The largest absolute Gasteiger partial charge is 0.491 e. The van der Waals surface area contributed by atoms with Gasteiger partial charge in [0.05, 0.1) is 13.7 Å². The molecule has 0 N–H and O–H groups in total. The standard InChI is InChI=1S/C9H13NO2.2C2H6/c1-4-12-9-8(11-3)6-5-7(2)10-9;2*1-2/h5-6H,4H2,1-3H3;2*1-2H3. The Balaban J connectivity index is 0. The maximum absolute atomic E-state index is 5.27. The van der Waals surface area contributed by atoms with Gasteiger partial charge in [-0.2, -0.15) is 0 Å². The topological polar surface area (TPSA) is 31.4 Å². The molecule has 0 atom stereocenters. The third kappa shape index (κ3) is 6.27. The van der Waals surface area contributed by atoms with E-state index in [0.29, 0.717) is 18.2 Å². The minimum Gasteiger partial charge on any atom is -0.491 e. The van der Waals surface area contributed by atoms with Crippen molar-refractivity contribution < 1.29 is 9.47 Å². The normalized spacial score (nSPS) is 7.94. The van der Waals surface area contributed by atoms with Crippen molar-refractivity contribution in [2.45, 2.75) is 41.5 Å². The zero-order chi connectivity index (χ0) is 13.0. The van der Waals surface area contributed by atoms with Crippen LogP contribution in [-0.4, -0.2) is 18.7 Å². The molecule has 0 saturated heterocycles. The first-order valence-corrected chi connectivity index (χ1v) is 5.92. The Morgan fingerprint density at radius 2 is 1.69 bits per heavy atom. The van der Waals surface area contributed by atoms with E-state index in [0.717, 1.165) is 5.69 Å². The van der Waals surface area contributed by atoms with Crippen molar-refractivity contribution in [2.24, 2.45) is 0 Å². The highest BCUT2D eigenvalue weighted by Crippen LogP contribution is 2.23. The molecule has 0 aliphatic heterocycles. The van der Waals surface area contributed by atoms with Crippen molar-refractivity contribution in [3.63, 3.8) is 0 Å². The molecule has 16 heavy (non-hydrogen) atoms. The monoisotopic (exact) mass is 227 g/mol. The zero-order valence-electron chi connectivity index (χ0n) is 11.6. The minimum atomic E-state index is 0.569. The quantitative estimate of drug-likeness (QED) is 0.786. The number of methoxy groups -OCH3 is 1. The lowest BCUT2D eigenvalue weighted by Gasteiger charge is -2.07. The minimum absolute atomic E-state index is 0.569. The van der Waals surface area contributed by atoms with E-state index in [1.807, 2.05) is 53.7 Å². The molecule has 3 heteroatoms. The molecule has 1 aromatic heterocycles. The highest BCUT2D eigenvalue weighted by atomic mass is 16.5. The summed E-state index contributed by atoms with van der Waals surface area (Å²) in [6.07, 6.45) is 0. The maximum atomic E-state index is 5.27. The number of aromatic nitrogens is 1. The lowest BCUT2D eigenvalue weighted by Crippen LogP contribution is -1.98. The van der Waals surface area contributed by atoms with E-state index in [1.54, 1.807) is 7.11 Å². The summed E-state index contributed by atoms with van der Waals surface area (Å²) < 4.78 is 10.3. The van der Waals surface area contributed by atoms with Gasteiger partial charge in [-0.3, -0.25) is 0 Å². The highest BCUT2D eigenvalue weighted by molar-refractivity contribution is 5.34. The fourth-order valence-electron chi connectivity index (χ4n) is 0.916. The summed E-state index contributed by atoms with van der Waals surface area (Å²) in [5, 5.41) is 0. The molecular weight excluding hydrogens is 202 g/mol. The van der Waals surface area contributed by atoms with Crippen LogP contribution in [0, 0.1) is 6.92 Å². The maximum Gasteiger partial charge on any atom is 0.257 e. The molecule has 0 bridgehead atoms. The van der Waals surface area contributed by atoms with Gasteiger partial charge in [-0.1, -0.05) is 27.7 Å². The molecule has 0 unspecified atom stereocenters. The molecule has 1 rings (SSSR count). The SMILES string of the molecule is CC.CC.CCOc1nc(C)ccc1OC. The number of hydrogen-bond acceptors (Lipinski definition) is 3. The molecule has 0 aliphatic rings. The summed E-state index contributed by atoms with van der Waals surface area (Å²) in [7, 11) is 1.61. The first-order chi connectivity index (χ1) is 7.77. The second-order valence-corrected chi connectivity index (χ2v) is 2.39. The van der Waals surface area contributed by atoms with Crippen LogP contribution in [0.3, 0.4) is 0 Å². The summed E-state index contributed by atoms with van der Waals surface area (Å²) in [4.78, 5) is 4.19. The zero-order valence-corrected chi connectivity index (χ0v) is 11.6. The fourth-order valence-corrected chi connectivity index (χ4v) is 0.916. The van der Waals surface area contributed by atoms with Crippen LogP contribution in [0.15, 0.2) is 12.1 Å². The van der Waals surface area contributed by atoms with Crippen LogP contribution < -0.4 is 9.47 Å². The first-order valence-electron chi connectivity index (χ1n) is 5.92. The van der Waals surface area contributed by atoms with Gasteiger partial charge < -0.3 is 9.47 Å². The number of aryl methyl sites for hydroxylation is 1. The molecule has 3 nitrogen and oxygen atoms in total.